The topological polar surface area (TPSA) is 97.5 Å². The molecule has 2 heterocycles. The zero-order valence-electron chi connectivity index (χ0n) is 12.6. The summed E-state index contributed by atoms with van der Waals surface area (Å²) in [6.07, 6.45) is 1.74. The van der Waals surface area contributed by atoms with E-state index in [0.717, 1.165) is 25.9 Å². The van der Waals surface area contributed by atoms with Crippen LogP contribution in [0.1, 0.15) is 26.7 Å². The Hall–Kier alpha value is -2.12. The molecule has 0 bridgehead atoms. The number of amides is 1. The van der Waals surface area contributed by atoms with E-state index in [0.29, 0.717) is 25.6 Å². The van der Waals surface area contributed by atoms with E-state index < -0.39 is 0 Å². The molecule has 2 rings (SSSR count). The lowest BCUT2D eigenvalue weighted by molar-refractivity contribution is -0.128. The molecule has 116 valence electrons. The lowest BCUT2D eigenvalue weighted by Gasteiger charge is -2.21. The van der Waals surface area contributed by atoms with Crippen molar-refractivity contribution in [3.8, 4) is 6.01 Å². The van der Waals surface area contributed by atoms with Crippen molar-refractivity contribution in [2.24, 2.45) is 0 Å². The van der Waals surface area contributed by atoms with Gasteiger partial charge < -0.3 is 20.3 Å². The molecule has 0 atom stereocenters. The molecule has 8 nitrogen and oxygen atoms in total. The summed E-state index contributed by atoms with van der Waals surface area (Å²) in [5, 5.41) is 0. The molecule has 1 aromatic heterocycles. The Morgan fingerprint density at radius 2 is 2.05 bits per heavy atom. The molecule has 1 saturated heterocycles. The number of carbonyl (C=O) groups excluding carboxylic acids is 1. The van der Waals surface area contributed by atoms with Crippen molar-refractivity contribution in [3.63, 3.8) is 0 Å². The summed E-state index contributed by atoms with van der Waals surface area (Å²) in [6, 6.07) is 0.257. The van der Waals surface area contributed by atoms with Gasteiger partial charge in [-0.2, -0.15) is 15.0 Å². The van der Waals surface area contributed by atoms with Crippen LogP contribution < -0.4 is 15.4 Å². The van der Waals surface area contributed by atoms with Gasteiger partial charge in [-0.3, -0.25) is 4.79 Å². The number of aromatic nitrogens is 3. The highest BCUT2D eigenvalue weighted by molar-refractivity contribution is 5.73. The van der Waals surface area contributed by atoms with Gasteiger partial charge in [-0.1, -0.05) is 6.92 Å². The summed E-state index contributed by atoms with van der Waals surface area (Å²) in [5.41, 5.74) is 5.72. The van der Waals surface area contributed by atoms with Gasteiger partial charge in [0.15, 0.2) is 0 Å². The van der Waals surface area contributed by atoms with Crippen LogP contribution in [-0.4, -0.2) is 58.5 Å². The van der Waals surface area contributed by atoms with Gasteiger partial charge >= 0.3 is 6.01 Å². The average molecular weight is 294 g/mol. The molecular formula is C13H22N6O2. The van der Waals surface area contributed by atoms with Gasteiger partial charge in [0.2, 0.25) is 17.8 Å². The van der Waals surface area contributed by atoms with Crippen LogP contribution >= 0.6 is 0 Å². The van der Waals surface area contributed by atoms with Crippen molar-refractivity contribution in [2.75, 3.05) is 43.4 Å². The fraction of sp³-hybridized carbons (Fsp3) is 0.692. The molecule has 1 aliphatic heterocycles. The second-order valence-electron chi connectivity index (χ2n) is 4.97. The molecule has 0 aromatic carbocycles. The van der Waals surface area contributed by atoms with Crippen LogP contribution in [0.25, 0.3) is 0 Å². The first-order chi connectivity index (χ1) is 10.1. The van der Waals surface area contributed by atoms with E-state index in [-0.39, 0.29) is 17.9 Å². The summed E-state index contributed by atoms with van der Waals surface area (Å²) in [7, 11) is 0. The maximum absolute atomic E-state index is 11.4. The predicted octanol–water partition coefficient (Wildman–Crippen LogP) is 0.301. The first kappa shape index (κ1) is 15.3. The van der Waals surface area contributed by atoms with Gasteiger partial charge in [0.1, 0.15) is 0 Å². The number of ether oxygens (including phenoxy) is 1. The predicted molar refractivity (Wildman–Crippen MR) is 79.1 cm³/mol. The average Bonchev–Trinajstić information content (AvgIpc) is 2.70. The molecule has 1 amide bonds. The third-order valence-electron chi connectivity index (χ3n) is 3.28. The van der Waals surface area contributed by atoms with E-state index >= 15 is 0 Å². The Bertz CT molecular complexity index is 496. The van der Waals surface area contributed by atoms with Crippen molar-refractivity contribution in [2.45, 2.75) is 26.7 Å². The quantitative estimate of drug-likeness (QED) is 0.853. The van der Waals surface area contributed by atoms with E-state index in [4.69, 9.17) is 10.5 Å². The molecule has 0 saturated carbocycles. The molecule has 1 fully saturated rings. The first-order valence-corrected chi connectivity index (χ1v) is 7.25. The largest absolute Gasteiger partial charge is 0.463 e. The number of hydrogen-bond acceptors (Lipinski definition) is 7. The molecule has 8 heteroatoms. The van der Waals surface area contributed by atoms with Crippen LogP contribution in [0, 0.1) is 0 Å². The Morgan fingerprint density at radius 3 is 2.76 bits per heavy atom. The minimum Gasteiger partial charge on any atom is -0.463 e. The monoisotopic (exact) mass is 294 g/mol. The molecular weight excluding hydrogens is 272 g/mol. The second kappa shape index (κ2) is 7.05. The number of hydrogen-bond donors (Lipinski definition) is 1. The van der Waals surface area contributed by atoms with Crippen LogP contribution in [0.3, 0.4) is 0 Å². The van der Waals surface area contributed by atoms with Crippen LogP contribution in [-0.2, 0) is 4.79 Å². The van der Waals surface area contributed by atoms with E-state index in [1.54, 1.807) is 6.92 Å². The highest BCUT2D eigenvalue weighted by Crippen LogP contribution is 2.16. The minimum absolute atomic E-state index is 0.0963. The van der Waals surface area contributed by atoms with Crippen LogP contribution in [0.5, 0.6) is 6.01 Å². The van der Waals surface area contributed by atoms with E-state index in [9.17, 15) is 4.79 Å². The Kier molecular flexibility index (Phi) is 5.13. The van der Waals surface area contributed by atoms with Gasteiger partial charge in [-0.05, 0) is 12.8 Å². The third-order valence-corrected chi connectivity index (χ3v) is 3.28. The standard InChI is InChI=1S/C13H22N6O2/c1-3-9-21-13-16-11(14)15-12(17-13)19-6-4-5-18(7-8-19)10(2)20/h3-9H2,1-2H3,(H2,14,15,16,17). The number of carbonyl (C=O) groups is 1. The molecule has 2 N–H and O–H groups in total. The van der Waals surface area contributed by atoms with Gasteiger partial charge in [-0.25, -0.2) is 0 Å². The molecule has 1 aliphatic rings. The fourth-order valence-corrected chi connectivity index (χ4v) is 2.19. The molecule has 0 aliphatic carbocycles. The van der Waals surface area contributed by atoms with Crippen molar-refractivity contribution in [1.29, 1.82) is 0 Å². The number of rotatable bonds is 4. The Morgan fingerprint density at radius 1 is 1.24 bits per heavy atom. The zero-order chi connectivity index (χ0) is 15.2. The Labute approximate surface area is 124 Å². The second-order valence-corrected chi connectivity index (χ2v) is 4.97. The van der Waals surface area contributed by atoms with Crippen molar-refractivity contribution < 1.29 is 9.53 Å². The van der Waals surface area contributed by atoms with E-state index in [1.807, 2.05) is 16.7 Å². The highest BCUT2D eigenvalue weighted by Gasteiger charge is 2.19. The number of anilines is 2. The number of nitrogens with zero attached hydrogens (tertiary/aromatic N) is 5. The van der Waals surface area contributed by atoms with Crippen LogP contribution in [0.15, 0.2) is 0 Å². The van der Waals surface area contributed by atoms with Gasteiger partial charge in [0.25, 0.3) is 0 Å². The highest BCUT2D eigenvalue weighted by atomic mass is 16.5. The van der Waals surface area contributed by atoms with Gasteiger partial charge in [0, 0.05) is 33.1 Å². The minimum atomic E-state index is 0.0963. The van der Waals surface area contributed by atoms with Crippen molar-refractivity contribution in [3.05, 3.63) is 0 Å². The maximum atomic E-state index is 11.4. The van der Waals surface area contributed by atoms with Gasteiger partial charge in [-0.15, -0.1) is 0 Å². The number of nitrogens with two attached hydrogens (primary N) is 1. The Balaban J connectivity index is 2.10. The summed E-state index contributed by atoms with van der Waals surface area (Å²) in [5.74, 6) is 0.761. The zero-order valence-corrected chi connectivity index (χ0v) is 12.6. The summed E-state index contributed by atoms with van der Waals surface area (Å²) >= 11 is 0. The molecule has 0 radical (unpaired) electrons. The fourth-order valence-electron chi connectivity index (χ4n) is 2.19. The third kappa shape index (κ3) is 4.17. The maximum Gasteiger partial charge on any atom is 0.323 e. The van der Waals surface area contributed by atoms with Crippen LogP contribution in [0.4, 0.5) is 11.9 Å². The molecule has 21 heavy (non-hydrogen) atoms. The van der Waals surface area contributed by atoms with Crippen LogP contribution in [0.2, 0.25) is 0 Å². The number of nitrogen functional groups attached to an aromatic ring is 1. The smallest absolute Gasteiger partial charge is 0.323 e. The van der Waals surface area contributed by atoms with Crippen molar-refractivity contribution >= 4 is 17.8 Å². The first-order valence-electron chi connectivity index (χ1n) is 7.25. The summed E-state index contributed by atoms with van der Waals surface area (Å²) in [4.78, 5) is 27.7. The van der Waals surface area contributed by atoms with E-state index in [1.165, 1.54) is 0 Å². The molecule has 0 spiro atoms. The van der Waals surface area contributed by atoms with Gasteiger partial charge in [0.05, 0.1) is 6.61 Å². The lowest BCUT2D eigenvalue weighted by Crippen LogP contribution is -2.34. The molecule has 1 aromatic rings. The SMILES string of the molecule is CCCOc1nc(N)nc(N2CCCN(C(C)=O)CC2)n1. The lowest BCUT2D eigenvalue weighted by atomic mass is 10.4. The molecule has 0 unspecified atom stereocenters. The summed E-state index contributed by atoms with van der Waals surface area (Å²) < 4.78 is 5.42. The normalized spacial score (nSPS) is 15.7. The summed E-state index contributed by atoms with van der Waals surface area (Å²) in [6.45, 7) is 7.01. The van der Waals surface area contributed by atoms with Crippen molar-refractivity contribution in [1.82, 2.24) is 19.9 Å². The van der Waals surface area contributed by atoms with E-state index in [2.05, 4.69) is 15.0 Å².